The van der Waals surface area contributed by atoms with Crippen molar-refractivity contribution in [3.05, 3.63) is 0 Å². The molecule has 1 heterocycles. The lowest BCUT2D eigenvalue weighted by atomic mass is 9.86. The molecule has 1 saturated heterocycles. The number of carbonyl (C=O) groups excluding carboxylic acids is 1. The summed E-state index contributed by atoms with van der Waals surface area (Å²) in [4.78, 5) is 13.9. The highest BCUT2D eigenvalue weighted by Crippen LogP contribution is 2.27. The summed E-state index contributed by atoms with van der Waals surface area (Å²) in [5.41, 5.74) is -0.446. The van der Waals surface area contributed by atoms with Crippen LogP contribution in [0.15, 0.2) is 0 Å². The Labute approximate surface area is 158 Å². The molecule has 5 heteroatoms. The summed E-state index contributed by atoms with van der Waals surface area (Å²) in [6.45, 7) is 7.16. The minimum absolute atomic E-state index is 0.0237. The quantitative estimate of drug-likeness (QED) is 0.549. The van der Waals surface area contributed by atoms with Crippen LogP contribution < -0.4 is 0 Å². The Hall–Kier alpha value is -1.25. The van der Waals surface area contributed by atoms with Crippen LogP contribution in [0, 0.1) is 17.8 Å². The first-order valence-electron chi connectivity index (χ1n) is 10.0. The van der Waals surface area contributed by atoms with Crippen LogP contribution in [0.2, 0.25) is 0 Å². The number of hydrogen-bond acceptors (Lipinski definition) is 4. The Balaban J connectivity index is 1.63. The Morgan fingerprint density at radius 3 is 2.50 bits per heavy atom. The van der Waals surface area contributed by atoms with E-state index in [-0.39, 0.29) is 18.4 Å². The Morgan fingerprint density at radius 2 is 1.88 bits per heavy atom. The minimum Gasteiger partial charge on any atom is -0.444 e. The van der Waals surface area contributed by atoms with Gasteiger partial charge < -0.3 is 19.1 Å². The minimum atomic E-state index is -0.446. The van der Waals surface area contributed by atoms with Crippen LogP contribution in [0.3, 0.4) is 0 Å². The average Bonchev–Trinajstić information content (AvgIpc) is 2.61. The van der Waals surface area contributed by atoms with Crippen LogP contribution in [0.25, 0.3) is 0 Å². The number of carbonyl (C=O) groups is 1. The van der Waals surface area contributed by atoms with Gasteiger partial charge >= 0.3 is 6.09 Å². The molecule has 0 aromatic carbocycles. The second-order valence-corrected chi connectivity index (χ2v) is 8.33. The molecule has 0 radical (unpaired) electrons. The summed E-state index contributed by atoms with van der Waals surface area (Å²) in [7, 11) is 1.84. The van der Waals surface area contributed by atoms with Crippen LogP contribution in [-0.2, 0) is 14.2 Å². The molecule has 5 nitrogen and oxygen atoms in total. The lowest BCUT2D eigenvalue weighted by Crippen LogP contribution is -2.42. The van der Waals surface area contributed by atoms with E-state index in [0.717, 1.165) is 51.6 Å². The summed E-state index contributed by atoms with van der Waals surface area (Å²) in [6, 6.07) is 0.259. The molecule has 1 saturated carbocycles. The summed E-state index contributed by atoms with van der Waals surface area (Å²) in [5.74, 6) is 7.07. The molecule has 2 fully saturated rings. The van der Waals surface area contributed by atoms with Gasteiger partial charge in [-0.1, -0.05) is 5.92 Å². The van der Waals surface area contributed by atoms with Crippen molar-refractivity contribution in [3.63, 3.8) is 0 Å². The van der Waals surface area contributed by atoms with Crippen molar-refractivity contribution in [2.24, 2.45) is 5.92 Å². The van der Waals surface area contributed by atoms with Gasteiger partial charge in [-0.25, -0.2) is 4.79 Å². The van der Waals surface area contributed by atoms with Gasteiger partial charge in [0.1, 0.15) is 5.60 Å². The van der Waals surface area contributed by atoms with Gasteiger partial charge in [0.2, 0.25) is 0 Å². The number of amides is 1. The van der Waals surface area contributed by atoms with Crippen molar-refractivity contribution in [2.45, 2.75) is 90.1 Å². The van der Waals surface area contributed by atoms with Crippen LogP contribution in [0.1, 0.15) is 72.1 Å². The van der Waals surface area contributed by atoms with Crippen LogP contribution >= 0.6 is 0 Å². The first-order valence-corrected chi connectivity index (χ1v) is 10.0. The second kappa shape index (κ2) is 10.2. The van der Waals surface area contributed by atoms with Crippen molar-refractivity contribution in [2.75, 3.05) is 20.3 Å². The van der Waals surface area contributed by atoms with Gasteiger partial charge in [-0.3, -0.25) is 0 Å². The molecule has 2 rings (SSSR count). The molecule has 0 aromatic rings. The fourth-order valence-electron chi connectivity index (χ4n) is 3.39. The molecule has 1 aliphatic carbocycles. The maximum atomic E-state index is 12.2. The molecule has 0 bridgehead atoms. The van der Waals surface area contributed by atoms with E-state index in [4.69, 9.17) is 14.2 Å². The fraction of sp³-hybridized carbons (Fsp3) is 0.857. The average molecular weight is 366 g/mol. The number of ether oxygens (including phenoxy) is 3. The first kappa shape index (κ1) is 21.1. The Morgan fingerprint density at radius 1 is 1.15 bits per heavy atom. The molecule has 0 N–H and O–H groups in total. The van der Waals surface area contributed by atoms with Crippen LogP contribution in [-0.4, -0.2) is 49.2 Å². The molecule has 0 spiro atoms. The second-order valence-electron chi connectivity index (χ2n) is 8.33. The molecule has 26 heavy (non-hydrogen) atoms. The molecule has 1 unspecified atom stereocenters. The number of hydrogen-bond donors (Lipinski definition) is 0. The highest BCUT2D eigenvalue weighted by molar-refractivity contribution is 5.68. The van der Waals surface area contributed by atoms with Gasteiger partial charge in [0.15, 0.2) is 6.29 Å². The van der Waals surface area contributed by atoms with E-state index in [2.05, 4.69) is 11.8 Å². The zero-order valence-corrected chi connectivity index (χ0v) is 16.9. The molecular weight excluding hydrogens is 330 g/mol. The van der Waals surface area contributed by atoms with E-state index in [9.17, 15) is 4.79 Å². The smallest absolute Gasteiger partial charge is 0.410 e. The zero-order valence-electron chi connectivity index (χ0n) is 16.9. The predicted octanol–water partition coefficient (Wildman–Crippen LogP) is 4.35. The lowest BCUT2D eigenvalue weighted by molar-refractivity contribution is -0.161. The van der Waals surface area contributed by atoms with E-state index in [1.54, 1.807) is 4.90 Å². The maximum Gasteiger partial charge on any atom is 0.410 e. The number of rotatable bonds is 4. The molecule has 1 atom stereocenters. The van der Waals surface area contributed by atoms with E-state index >= 15 is 0 Å². The predicted molar refractivity (Wildman–Crippen MR) is 102 cm³/mol. The molecule has 2 aliphatic rings. The summed E-state index contributed by atoms with van der Waals surface area (Å²) in [6.07, 6.45) is 7.90. The molecule has 148 valence electrons. The van der Waals surface area contributed by atoms with Crippen molar-refractivity contribution < 1.29 is 19.0 Å². The van der Waals surface area contributed by atoms with Gasteiger partial charge in [0.05, 0.1) is 6.61 Å². The third kappa shape index (κ3) is 7.55. The number of nitrogens with zero attached hydrogens (tertiary/aromatic N) is 1. The normalized spacial score (nSPS) is 26.5. The third-order valence-corrected chi connectivity index (χ3v) is 4.90. The van der Waals surface area contributed by atoms with E-state index in [0.29, 0.717) is 12.5 Å². The fourth-order valence-corrected chi connectivity index (χ4v) is 3.39. The lowest BCUT2D eigenvalue weighted by Gasteiger charge is -2.34. The molecule has 1 aliphatic heterocycles. The van der Waals surface area contributed by atoms with E-state index in [1.807, 2.05) is 27.8 Å². The van der Waals surface area contributed by atoms with Gasteiger partial charge in [-0.2, -0.15) is 0 Å². The molecule has 0 aromatic heterocycles. The van der Waals surface area contributed by atoms with Gasteiger partial charge in [-0.15, -0.1) is 5.92 Å². The molecule has 1 amide bonds. The van der Waals surface area contributed by atoms with Crippen molar-refractivity contribution in [1.29, 1.82) is 0 Å². The van der Waals surface area contributed by atoms with E-state index < -0.39 is 5.60 Å². The Bertz CT molecular complexity index is 488. The maximum absolute atomic E-state index is 12.2. The highest BCUT2D eigenvalue weighted by Gasteiger charge is 2.28. The van der Waals surface area contributed by atoms with Gasteiger partial charge in [0.25, 0.3) is 0 Å². The SMILES string of the molecule is CN(C(=O)OC(C)(C)C)C1CCC(C#CCCOC2CCCCO2)CC1. The van der Waals surface area contributed by atoms with Crippen LogP contribution in [0.5, 0.6) is 0 Å². The standard InChI is InChI=1S/C21H35NO4/c1-21(2,3)26-20(23)22(4)18-13-11-17(12-14-18)9-5-7-15-24-19-10-6-8-16-25-19/h17-19H,6-8,10-16H2,1-4H3. The summed E-state index contributed by atoms with van der Waals surface area (Å²) in [5, 5.41) is 0. The van der Waals surface area contributed by atoms with Crippen molar-refractivity contribution in [3.8, 4) is 11.8 Å². The largest absolute Gasteiger partial charge is 0.444 e. The van der Waals surface area contributed by atoms with Gasteiger partial charge in [-0.05, 0) is 65.7 Å². The summed E-state index contributed by atoms with van der Waals surface area (Å²) >= 11 is 0. The van der Waals surface area contributed by atoms with Crippen molar-refractivity contribution >= 4 is 6.09 Å². The van der Waals surface area contributed by atoms with Crippen LogP contribution in [0.4, 0.5) is 4.79 Å². The molecular formula is C21H35NO4. The first-order chi connectivity index (χ1) is 12.3. The third-order valence-electron chi connectivity index (χ3n) is 4.90. The van der Waals surface area contributed by atoms with Crippen molar-refractivity contribution in [1.82, 2.24) is 4.90 Å². The zero-order chi connectivity index (χ0) is 19.0. The van der Waals surface area contributed by atoms with E-state index in [1.165, 1.54) is 6.42 Å². The summed E-state index contributed by atoms with van der Waals surface area (Å²) < 4.78 is 16.7. The van der Waals surface area contributed by atoms with Gasteiger partial charge in [0, 0.05) is 32.0 Å². The monoisotopic (exact) mass is 365 g/mol. The highest BCUT2D eigenvalue weighted by atomic mass is 16.7. The Kier molecular flexibility index (Phi) is 8.24. The topological polar surface area (TPSA) is 48.0 Å².